The van der Waals surface area contributed by atoms with E-state index in [1.165, 1.54) is 0 Å². The Morgan fingerprint density at radius 2 is 2.16 bits per heavy atom. The quantitative estimate of drug-likeness (QED) is 0.673. The lowest BCUT2D eigenvalue weighted by Gasteiger charge is -2.29. The molecule has 2 rings (SSSR count). The van der Waals surface area contributed by atoms with Crippen molar-refractivity contribution in [3.8, 4) is 0 Å². The second kappa shape index (κ2) is 7.83. The van der Waals surface area contributed by atoms with Gasteiger partial charge in [0.1, 0.15) is 18.0 Å². The van der Waals surface area contributed by atoms with E-state index in [2.05, 4.69) is 15.5 Å². The molecule has 3 N–H and O–H groups in total. The summed E-state index contributed by atoms with van der Waals surface area (Å²) in [7, 11) is 0. The van der Waals surface area contributed by atoms with Crippen LogP contribution >= 0.6 is 0 Å². The molecular weight excluding hydrogens is 328 g/mol. The summed E-state index contributed by atoms with van der Waals surface area (Å²) in [4.78, 5) is 26.1. The zero-order chi connectivity index (χ0) is 18.6. The van der Waals surface area contributed by atoms with Crippen LogP contribution in [0.2, 0.25) is 0 Å². The smallest absolute Gasteiger partial charge is 0.410 e. The summed E-state index contributed by atoms with van der Waals surface area (Å²) >= 11 is 0. The summed E-state index contributed by atoms with van der Waals surface area (Å²) in [5, 5.41) is 18.4. The molecule has 0 saturated carbocycles. The van der Waals surface area contributed by atoms with Crippen molar-refractivity contribution in [1.29, 1.82) is 0 Å². The van der Waals surface area contributed by atoms with E-state index >= 15 is 0 Å². The number of hydrogen-bond acceptors (Lipinski definition) is 6. The van der Waals surface area contributed by atoms with Crippen molar-refractivity contribution < 1.29 is 24.2 Å². The first kappa shape index (κ1) is 19.2. The van der Waals surface area contributed by atoms with Gasteiger partial charge in [0.2, 0.25) is 0 Å². The topological polar surface area (TPSA) is 117 Å². The highest BCUT2D eigenvalue weighted by Gasteiger charge is 2.30. The molecule has 2 amide bonds. The van der Waals surface area contributed by atoms with Gasteiger partial charge in [0, 0.05) is 18.5 Å². The second-order valence-corrected chi connectivity index (χ2v) is 6.99. The van der Waals surface area contributed by atoms with Gasteiger partial charge in [-0.1, -0.05) is 0 Å². The maximum Gasteiger partial charge on any atom is 0.410 e. The van der Waals surface area contributed by atoms with Gasteiger partial charge in [0.15, 0.2) is 0 Å². The van der Waals surface area contributed by atoms with Crippen LogP contribution in [0.4, 0.5) is 4.79 Å². The van der Waals surface area contributed by atoms with Crippen LogP contribution in [-0.2, 0) is 22.4 Å². The van der Waals surface area contributed by atoms with Gasteiger partial charge < -0.3 is 24.8 Å². The van der Waals surface area contributed by atoms with E-state index in [0.29, 0.717) is 24.2 Å². The van der Waals surface area contributed by atoms with Gasteiger partial charge in [-0.05, 0) is 27.7 Å². The van der Waals surface area contributed by atoms with Crippen molar-refractivity contribution in [1.82, 2.24) is 20.4 Å². The molecule has 9 heteroatoms. The van der Waals surface area contributed by atoms with E-state index in [0.717, 1.165) is 5.69 Å². The van der Waals surface area contributed by atoms with Gasteiger partial charge in [-0.3, -0.25) is 9.89 Å². The molecule has 0 spiro atoms. The summed E-state index contributed by atoms with van der Waals surface area (Å²) in [6.45, 7) is 7.73. The molecule has 0 fully saturated rings. The Morgan fingerprint density at radius 1 is 1.44 bits per heavy atom. The fraction of sp³-hybridized carbons (Fsp3) is 0.688. The van der Waals surface area contributed by atoms with Crippen LogP contribution < -0.4 is 5.32 Å². The molecule has 0 aliphatic carbocycles. The number of fused-ring (bicyclic) bond motifs is 1. The van der Waals surface area contributed by atoms with Gasteiger partial charge in [-0.2, -0.15) is 5.10 Å². The third-order valence-corrected chi connectivity index (χ3v) is 3.66. The van der Waals surface area contributed by atoms with Crippen molar-refractivity contribution >= 4 is 12.0 Å². The summed E-state index contributed by atoms with van der Waals surface area (Å²) in [6.07, 6.45) is -0.222. The number of rotatable bonds is 5. The van der Waals surface area contributed by atoms with Crippen molar-refractivity contribution in [2.75, 3.05) is 19.9 Å². The van der Waals surface area contributed by atoms with Crippen molar-refractivity contribution in [2.45, 2.75) is 52.4 Å². The van der Waals surface area contributed by atoms with Crippen LogP contribution in [0.25, 0.3) is 0 Å². The Hall–Kier alpha value is -2.13. The van der Waals surface area contributed by atoms with Crippen LogP contribution in [0.15, 0.2) is 0 Å². The molecule has 1 aromatic rings. The Labute approximate surface area is 146 Å². The zero-order valence-electron chi connectivity index (χ0n) is 15.1. The number of nitrogens with zero attached hydrogens (tertiary/aromatic N) is 2. The Bertz CT molecular complexity index is 623. The summed E-state index contributed by atoms with van der Waals surface area (Å²) in [5.74, 6) is -0.370. The lowest BCUT2D eigenvalue weighted by Crippen LogP contribution is -2.40. The highest BCUT2D eigenvalue weighted by Crippen LogP contribution is 2.22. The number of nitrogens with one attached hydrogen (secondary N) is 2. The van der Waals surface area contributed by atoms with Crippen LogP contribution in [-0.4, -0.2) is 63.8 Å². The molecule has 1 atom stereocenters. The first-order chi connectivity index (χ1) is 11.7. The Kier molecular flexibility index (Phi) is 6.02. The van der Waals surface area contributed by atoms with Gasteiger partial charge in [-0.25, -0.2) is 4.79 Å². The minimum atomic E-state index is -0.575. The normalized spacial score (nSPS) is 15.5. The molecule has 9 nitrogen and oxygen atoms in total. The molecule has 0 saturated heterocycles. The molecular formula is C16H26N4O5. The average Bonchev–Trinajstić information content (AvgIpc) is 2.96. The molecule has 1 unspecified atom stereocenters. The second-order valence-electron chi connectivity index (χ2n) is 6.99. The van der Waals surface area contributed by atoms with Gasteiger partial charge in [0.25, 0.3) is 5.91 Å². The summed E-state index contributed by atoms with van der Waals surface area (Å²) in [6, 6.07) is 0. The largest absolute Gasteiger partial charge is 0.444 e. The molecule has 25 heavy (non-hydrogen) atoms. The molecule has 1 aliphatic rings. The highest BCUT2D eigenvalue weighted by atomic mass is 16.6. The molecule has 2 heterocycles. The molecule has 0 bridgehead atoms. The first-order valence-corrected chi connectivity index (χ1v) is 8.26. The van der Waals surface area contributed by atoms with Crippen molar-refractivity contribution in [2.24, 2.45) is 0 Å². The fourth-order valence-electron chi connectivity index (χ4n) is 2.35. The van der Waals surface area contributed by atoms with E-state index in [1.54, 1.807) is 11.8 Å². The summed E-state index contributed by atoms with van der Waals surface area (Å²) in [5.41, 5.74) is 1.19. The molecule has 0 radical (unpaired) electrons. The predicted molar refractivity (Wildman–Crippen MR) is 88.9 cm³/mol. The average molecular weight is 354 g/mol. The van der Waals surface area contributed by atoms with Gasteiger partial charge in [0.05, 0.1) is 24.9 Å². The number of carbonyl (C=O) groups is 2. The lowest BCUT2D eigenvalue weighted by atomic mass is 10.1. The SMILES string of the molecule is CC(CO)OCNC(=O)c1[nH]nc2c1CN(C(=O)OC(C)(C)C)CC2. The van der Waals surface area contributed by atoms with E-state index < -0.39 is 11.7 Å². The van der Waals surface area contributed by atoms with E-state index in [1.807, 2.05) is 20.8 Å². The van der Waals surface area contributed by atoms with Crippen molar-refractivity contribution in [3.63, 3.8) is 0 Å². The number of carbonyl (C=O) groups excluding carboxylic acids is 2. The minimum absolute atomic E-state index is 0.0237. The predicted octanol–water partition coefficient (Wildman–Crippen LogP) is 0.788. The van der Waals surface area contributed by atoms with Crippen molar-refractivity contribution in [3.05, 3.63) is 17.0 Å². The molecule has 1 aromatic heterocycles. The van der Waals surface area contributed by atoms with Crippen LogP contribution in [0, 0.1) is 0 Å². The minimum Gasteiger partial charge on any atom is -0.444 e. The standard InChI is InChI=1S/C16H26N4O5/c1-10(8-21)24-9-17-14(22)13-11-7-20(6-5-12(11)18-19-13)15(23)25-16(2,3)4/h10,21H,5-9H2,1-4H3,(H,17,22)(H,18,19). The number of aromatic amines is 1. The third-order valence-electron chi connectivity index (χ3n) is 3.66. The maximum absolute atomic E-state index is 12.3. The Balaban J connectivity index is 2.00. The maximum atomic E-state index is 12.3. The number of aliphatic hydroxyl groups is 1. The van der Waals surface area contributed by atoms with Crippen LogP contribution in [0.1, 0.15) is 49.4 Å². The number of amides is 2. The first-order valence-electron chi connectivity index (χ1n) is 8.26. The fourth-order valence-corrected chi connectivity index (χ4v) is 2.35. The number of hydrogen-bond donors (Lipinski definition) is 3. The van der Waals surface area contributed by atoms with E-state index in [9.17, 15) is 9.59 Å². The van der Waals surface area contributed by atoms with Crippen LogP contribution in [0.5, 0.6) is 0 Å². The zero-order valence-corrected chi connectivity index (χ0v) is 15.1. The Morgan fingerprint density at radius 3 is 2.80 bits per heavy atom. The molecule has 1 aliphatic heterocycles. The number of H-pyrrole nitrogens is 1. The van der Waals surface area contributed by atoms with Gasteiger partial charge in [-0.15, -0.1) is 0 Å². The molecule has 0 aromatic carbocycles. The van der Waals surface area contributed by atoms with Gasteiger partial charge >= 0.3 is 6.09 Å². The lowest BCUT2D eigenvalue weighted by molar-refractivity contribution is 0.0150. The summed E-state index contributed by atoms with van der Waals surface area (Å²) < 4.78 is 10.6. The number of ether oxygens (including phenoxy) is 2. The van der Waals surface area contributed by atoms with E-state index in [-0.39, 0.29) is 31.9 Å². The number of aliphatic hydroxyl groups excluding tert-OH is 1. The third kappa shape index (κ3) is 5.17. The van der Waals surface area contributed by atoms with Crippen LogP contribution in [0.3, 0.4) is 0 Å². The number of aromatic nitrogens is 2. The monoisotopic (exact) mass is 354 g/mol. The highest BCUT2D eigenvalue weighted by molar-refractivity contribution is 5.94. The molecule has 140 valence electrons. The van der Waals surface area contributed by atoms with E-state index in [4.69, 9.17) is 14.6 Å².